The molecule has 2 unspecified atom stereocenters. The lowest BCUT2D eigenvalue weighted by Gasteiger charge is -2.58. The van der Waals surface area contributed by atoms with Crippen molar-refractivity contribution in [3.05, 3.63) is 18.0 Å². The first kappa shape index (κ1) is 23.3. The number of methoxy groups -OCH3 is 1. The van der Waals surface area contributed by atoms with Crippen LogP contribution in [-0.2, 0) is 11.3 Å². The van der Waals surface area contributed by atoms with Gasteiger partial charge in [0.1, 0.15) is 6.07 Å². The highest BCUT2D eigenvalue weighted by molar-refractivity contribution is 5.21. The Labute approximate surface area is 198 Å². The van der Waals surface area contributed by atoms with Crippen molar-refractivity contribution >= 4 is 0 Å². The summed E-state index contributed by atoms with van der Waals surface area (Å²) in [5.74, 6) is 3.86. The maximum Gasteiger partial charge on any atom is 0.102 e. The molecule has 1 heterocycles. The van der Waals surface area contributed by atoms with Crippen molar-refractivity contribution < 1.29 is 14.9 Å². The van der Waals surface area contributed by atoms with Crippen molar-refractivity contribution in [2.24, 2.45) is 40.9 Å². The third-order valence-corrected chi connectivity index (χ3v) is 10.5. The lowest BCUT2D eigenvalue weighted by molar-refractivity contribution is -0.138. The Morgan fingerprint density at radius 1 is 1.18 bits per heavy atom. The van der Waals surface area contributed by atoms with Gasteiger partial charge in [0.05, 0.1) is 36.1 Å². The van der Waals surface area contributed by atoms with E-state index < -0.39 is 11.2 Å². The van der Waals surface area contributed by atoms with Crippen LogP contribution in [-0.4, -0.2) is 44.9 Å². The first-order valence-corrected chi connectivity index (χ1v) is 13.1. The molecule has 182 valence electrons. The molecule has 5 rings (SSSR count). The summed E-state index contributed by atoms with van der Waals surface area (Å²) in [6.45, 7) is 5.35. The summed E-state index contributed by atoms with van der Waals surface area (Å²) >= 11 is 0. The van der Waals surface area contributed by atoms with Crippen molar-refractivity contribution in [3.63, 3.8) is 0 Å². The third kappa shape index (κ3) is 3.94. The zero-order valence-corrected chi connectivity index (χ0v) is 20.5. The van der Waals surface area contributed by atoms with Gasteiger partial charge in [-0.05, 0) is 106 Å². The van der Waals surface area contributed by atoms with Crippen molar-refractivity contribution in [2.45, 2.75) is 89.4 Å². The molecule has 4 aliphatic rings. The van der Waals surface area contributed by atoms with E-state index in [9.17, 15) is 10.2 Å². The highest BCUT2D eigenvalue weighted by Gasteiger charge is 2.60. The molecule has 6 nitrogen and oxygen atoms in total. The molecule has 0 amide bonds. The van der Waals surface area contributed by atoms with Crippen LogP contribution < -0.4 is 0 Å². The Bertz CT molecular complexity index is 907. The molecule has 1 aromatic rings. The second-order valence-corrected chi connectivity index (χ2v) is 12.4. The number of rotatable bonds is 5. The number of nitriles is 1. The topological polar surface area (TPSA) is 91.3 Å². The van der Waals surface area contributed by atoms with E-state index in [1.165, 1.54) is 32.1 Å². The van der Waals surface area contributed by atoms with E-state index in [4.69, 9.17) is 10.00 Å². The molecule has 0 aliphatic heterocycles. The van der Waals surface area contributed by atoms with Crippen molar-refractivity contribution in [3.8, 4) is 6.07 Å². The molecule has 0 aromatic carbocycles. The van der Waals surface area contributed by atoms with Gasteiger partial charge in [-0.15, -0.1) is 0 Å². The molecule has 33 heavy (non-hydrogen) atoms. The monoisotopic (exact) mass is 455 g/mol. The van der Waals surface area contributed by atoms with Crippen LogP contribution in [0.5, 0.6) is 0 Å². The fraction of sp³-hybridized carbons (Fsp3) is 0.852. The summed E-state index contributed by atoms with van der Waals surface area (Å²) in [5, 5.41) is 36.1. The molecule has 6 heteroatoms. The number of hydrogen-bond donors (Lipinski definition) is 2. The molecule has 4 fully saturated rings. The summed E-state index contributed by atoms with van der Waals surface area (Å²) in [6, 6.07) is 2.13. The second-order valence-electron chi connectivity index (χ2n) is 12.4. The standard InChI is InChI=1S/C27H41N3O3/c1-25-10-8-21-20-9-11-27(32,17-33-3)12-19(20)4-5-22(21)23(25)6-7-24(25)26(2,31)16-30-15-18(13-28)14-29-30/h14-15,19-24,31-32H,4-12,16-17H2,1-3H3/t19-,20-,21+,22+,23-,24?,25-,26?,27+/m0/s1. The number of aliphatic hydroxyl groups is 2. The van der Waals surface area contributed by atoms with Gasteiger partial charge in [-0.3, -0.25) is 4.68 Å². The molecule has 9 atom stereocenters. The summed E-state index contributed by atoms with van der Waals surface area (Å²) in [7, 11) is 1.70. The van der Waals surface area contributed by atoms with Gasteiger partial charge < -0.3 is 14.9 Å². The van der Waals surface area contributed by atoms with Crippen LogP contribution in [0.25, 0.3) is 0 Å². The third-order valence-electron chi connectivity index (χ3n) is 10.5. The molecular weight excluding hydrogens is 414 g/mol. The highest BCUT2D eigenvalue weighted by atomic mass is 16.5. The SMILES string of the molecule is COC[C@@]1(O)CC[C@H]2[C@@H](CC[C@@H]3[C@@H]2CC[C@]2(C)C(C(C)(O)Cn4cc(C#N)cn4)CC[C@@H]32)C1. The molecule has 4 saturated carbocycles. The van der Waals surface area contributed by atoms with E-state index in [2.05, 4.69) is 18.1 Å². The molecule has 2 N–H and O–H groups in total. The zero-order chi connectivity index (χ0) is 23.4. The van der Waals surface area contributed by atoms with Crippen LogP contribution in [0.4, 0.5) is 0 Å². The van der Waals surface area contributed by atoms with Crippen molar-refractivity contribution in [1.82, 2.24) is 9.78 Å². The van der Waals surface area contributed by atoms with Crippen LogP contribution in [0.1, 0.15) is 77.2 Å². The molecule has 4 aliphatic carbocycles. The van der Waals surface area contributed by atoms with E-state index in [0.29, 0.717) is 30.6 Å². The smallest absolute Gasteiger partial charge is 0.102 e. The Morgan fingerprint density at radius 2 is 1.97 bits per heavy atom. The first-order valence-electron chi connectivity index (χ1n) is 13.1. The van der Waals surface area contributed by atoms with Gasteiger partial charge in [0.15, 0.2) is 0 Å². The lowest BCUT2D eigenvalue weighted by atomic mass is 9.48. The van der Waals surface area contributed by atoms with Gasteiger partial charge in [0, 0.05) is 13.3 Å². The Morgan fingerprint density at radius 3 is 2.70 bits per heavy atom. The fourth-order valence-corrected chi connectivity index (χ4v) is 9.33. The average Bonchev–Trinajstić information content (AvgIpc) is 3.36. The quantitative estimate of drug-likeness (QED) is 0.696. The van der Waals surface area contributed by atoms with Gasteiger partial charge in [0.2, 0.25) is 0 Å². The Hall–Kier alpha value is -1.42. The van der Waals surface area contributed by atoms with Gasteiger partial charge in [-0.1, -0.05) is 6.92 Å². The van der Waals surface area contributed by atoms with E-state index in [0.717, 1.165) is 43.4 Å². The lowest BCUT2D eigenvalue weighted by Crippen LogP contribution is -2.54. The van der Waals surface area contributed by atoms with Gasteiger partial charge in [-0.25, -0.2) is 0 Å². The summed E-state index contributed by atoms with van der Waals surface area (Å²) in [5.41, 5.74) is -0.758. The number of aromatic nitrogens is 2. The highest BCUT2D eigenvalue weighted by Crippen LogP contribution is 2.66. The Kier molecular flexibility index (Phi) is 5.91. The van der Waals surface area contributed by atoms with Crippen LogP contribution in [0, 0.1) is 52.3 Å². The number of fused-ring (bicyclic) bond motifs is 5. The number of hydrogen-bond acceptors (Lipinski definition) is 5. The first-order chi connectivity index (χ1) is 15.7. The van der Waals surface area contributed by atoms with Crippen molar-refractivity contribution in [2.75, 3.05) is 13.7 Å². The van der Waals surface area contributed by atoms with Gasteiger partial charge in [-0.2, -0.15) is 10.4 Å². The molecule has 0 spiro atoms. The van der Waals surface area contributed by atoms with E-state index >= 15 is 0 Å². The van der Waals surface area contributed by atoms with Crippen LogP contribution in [0.2, 0.25) is 0 Å². The number of nitrogens with zero attached hydrogens (tertiary/aromatic N) is 3. The van der Waals surface area contributed by atoms with Gasteiger partial charge in [0.25, 0.3) is 0 Å². The minimum Gasteiger partial charge on any atom is -0.388 e. The number of ether oxygens (including phenoxy) is 1. The Balaban J connectivity index is 1.31. The summed E-state index contributed by atoms with van der Waals surface area (Å²) < 4.78 is 7.08. The normalized spacial score (nSPS) is 44.2. The maximum atomic E-state index is 11.7. The maximum absolute atomic E-state index is 11.7. The zero-order valence-electron chi connectivity index (χ0n) is 20.5. The second kappa shape index (κ2) is 8.36. The van der Waals surface area contributed by atoms with Gasteiger partial charge >= 0.3 is 0 Å². The fourth-order valence-electron chi connectivity index (χ4n) is 9.33. The minimum atomic E-state index is -0.840. The molecule has 1 aromatic heterocycles. The van der Waals surface area contributed by atoms with E-state index in [1.807, 2.05) is 6.92 Å². The van der Waals surface area contributed by atoms with E-state index in [1.54, 1.807) is 24.2 Å². The van der Waals surface area contributed by atoms with Crippen molar-refractivity contribution in [1.29, 1.82) is 5.26 Å². The summed E-state index contributed by atoms with van der Waals surface area (Å²) in [4.78, 5) is 0. The molecule has 0 saturated heterocycles. The largest absolute Gasteiger partial charge is 0.388 e. The minimum absolute atomic E-state index is 0.161. The molecule has 0 radical (unpaired) electrons. The average molecular weight is 456 g/mol. The predicted octanol–water partition coefficient (Wildman–Crippen LogP) is 4.15. The van der Waals surface area contributed by atoms with Crippen LogP contribution >= 0.6 is 0 Å². The summed E-state index contributed by atoms with van der Waals surface area (Å²) in [6.07, 6.45) is 13.5. The molecular formula is C27H41N3O3. The van der Waals surface area contributed by atoms with Crippen LogP contribution in [0.15, 0.2) is 12.4 Å². The predicted molar refractivity (Wildman–Crippen MR) is 125 cm³/mol. The van der Waals surface area contributed by atoms with E-state index in [-0.39, 0.29) is 11.3 Å². The molecule has 0 bridgehead atoms. The van der Waals surface area contributed by atoms with Crippen LogP contribution in [0.3, 0.4) is 0 Å².